The lowest BCUT2D eigenvalue weighted by Gasteiger charge is -2.06. The third-order valence-corrected chi connectivity index (χ3v) is 1.52. The molecule has 2 aromatic heterocycles. The first-order valence-corrected chi connectivity index (χ1v) is 3.32. The van der Waals surface area contributed by atoms with E-state index in [0.29, 0.717) is 5.65 Å². The van der Waals surface area contributed by atoms with Gasteiger partial charge in [-0.25, -0.2) is 9.97 Å². The molecule has 0 aliphatic rings. The van der Waals surface area contributed by atoms with E-state index in [0.717, 1.165) is 0 Å². The zero-order valence-electron chi connectivity index (χ0n) is 5.36. The minimum atomic E-state index is -0.398. The van der Waals surface area contributed by atoms with Crippen molar-refractivity contribution in [2.75, 3.05) is 0 Å². The van der Waals surface area contributed by atoms with Crippen LogP contribution in [-0.2, 0) is 0 Å². The Hall–Kier alpha value is -1.29. The molecule has 2 aromatic rings. The molecular formula is C6H3ClN3O-. The van der Waals surface area contributed by atoms with Gasteiger partial charge in [-0.05, 0) is 0 Å². The lowest BCUT2D eigenvalue weighted by molar-refractivity contribution is -0.283. The fourth-order valence-electron chi connectivity index (χ4n) is 0.868. The van der Waals surface area contributed by atoms with E-state index in [1.165, 1.54) is 16.7 Å². The summed E-state index contributed by atoms with van der Waals surface area (Å²) in [5, 5.41) is 11.2. The Kier molecular flexibility index (Phi) is 1.22. The predicted octanol–water partition coefficient (Wildman–Crippen LogP) is 0.456. The van der Waals surface area contributed by atoms with Crippen molar-refractivity contribution in [3.05, 3.63) is 23.6 Å². The largest absolute Gasteiger partial charge is 0.845 e. The van der Waals surface area contributed by atoms with Crippen LogP contribution in [-0.4, -0.2) is 14.4 Å². The number of aromatic nitrogens is 3. The van der Waals surface area contributed by atoms with Gasteiger partial charge in [0.1, 0.15) is 10.8 Å². The Morgan fingerprint density at radius 3 is 3.18 bits per heavy atom. The molecular weight excluding hydrogens is 166 g/mol. The molecule has 0 unspecified atom stereocenters. The second kappa shape index (κ2) is 2.10. The predicted molar refractivity (Wildman–Crippen MR) is 37.4 cm³/mol. The number of imidazole rings is 1. The van der Waals surface area contributed by atoms with Crippen molar-refractivity contribution in [2.24, 2.45) is 0 Å². The van der Waals surface area contributed by atoms with Crippen molar-refractivity contribution >= 4 is 17.2 Å². The van der Waals surface area contributed by atoms with E-state index >= 15 is 0 Å². The van der Waals surface area contributed by atoms with Crippen molar-refractivity contribution < 1.29 is 5.11 Å². The molecule has 5 heteroatoms. The smallest absolute Gasteiger partial charge is 0.140 e. The van der Waals surface area contributed by atoms with Gasteiger partial charge in [0.15, 0.2) is 0 Å². The maximum Gasteiger partial charge on any atom is 0.140 e. The zero-order chi connectivity index (χ0) is 7.84. The van der Waals surface area contributed by atoms with Gasteiger partial charge < -0.3 is 5.11 Å². The molecule has 0 N–H and O–H groups in total. The second-order valence-electron chi connectivity index (χ2n) is 2.02. The maximum absolute atomic E-state index is 11.0. The molecule has 11 heavy (non-hydrogen) atoms. The van der Waals surface area contributed by atoms with Gasteiger partial charge in [-0.15, -0.1) is 0 Å². The Morgan fingerprint density at radius 1 is 1.55 bits per heavy atom. The monoisotopic (exact) mass is 168 g/mol. The first-order chi connectivity index (χ1) is 5.27. The lowest BCUT2D eigenvalue weighted by Crippen LogP contribution is -2.01. The second-order valence-corrected chi connectivity index (χ2v) is 2.40. The summed E-state index contributed by atoms with van der Waals surface area (Å²) in [4.78, 5) is 7.39. The van der Waals surface area contributed by atoms with E-state index in [1.54, 1.807) is 6.20 Å². The zero-order valence-corrected chi connectivity index (χ0v) is 6.12. The number of rotatable bonds is 0. The molecule has 0 radical (unpaired) electrons. The van der Waals surface area contributed by atoms with Crippen LogP contribution in [0.2, 0.25) is 5.15 Å². The highest BCUT2D eigenvalue weighted by Gasteiger charge is 1.96. The van der Waals surface area contributed by atoms with Crippen LogP contribution in [0.4, 0.5) is 0 Å². The fourth-order valence-corrected chi connectivity index (χ4v) is 1.04. The number of nitrogens with zero attached hydrogens (tertiary/aromatic N) is 3. The van der Waals surface area contributed by atoms with Gasteiger partial charge in [0.2, 0.25) is 0 Å². The van der Waals surface area contributed by atoms with Crippen molar-refractivity contribution in [3.63, 3.8) is 0 Å². The van der Waals surface area contributed by atoms with Crippen LogP contribution in [0.25, 0.3) is 5.65 Å². The highest BCUT2D eigenvalue weighted by molar-refractivity contribution is 6.29. The molecule has 0 atom stereocenters. The Morgan fingerprint density at radius 2 is 2.36 bits per heavy atom. The first-order valence-electron chi connectivity index (χ1n) is 2.94. The molecule has 2 rings (SSSR count). The van der Waals surface area contributed by atoms with Crippen LogP contribution >= 0.6 is 11.6 Å². The molecule has 56 valence electrons. The van der Waals surface area contributed by atoms with Gasteiger partial charge >= 0.3 is 0 Å². The molecule has 4 nitrogen and oxygen atoms in total. The number of hydrogen-bond acceptors (Lipinski definition) is 3. The third-order valence-electron chi connectivity index (χ3n) is 1.33. The molecule has 0 spiro atoms. The summed E-state index contributed by atoms with van der Waals surface area (Å²) >= 11 is 5.52. The number of fused-ring (bicyclic) bond motifs is 1. The van der Waals surface area contributed by atoms with Gasteiger partial charge in [0, 0.05) is 18.5 Å². The standard InChI is InChI=1S/C6H4ClN3O/c7-4-3-5-8-1-2-10(5)6(11)9-4/h1-3H,(H,9,11)/p-1. The van der Waals surface area contributed by atoms with Gasteiger partial charge in [-0.2, -0.15) is 0 Å². The van der Waals surface area contributed by atoms with Gasteiger partial charge in [0.25, 0.3) is 0 Å². The van der Waals surface area contributed by atoms with E-state index in [-0.39, 0.29) is 5.15 Å². The van der Waals surface area contributed by atoms with Crippen molar-refractivity contribution in [1.29, 1.82) is 0 Å². The fraction of sp³-hybridized carbons (Fsp3) is 0. The Bertz CT molecular complexity index is 398. The van der Waals surface area contributed by atoms with Gasteiger partial charge in [-0.3, -0.25) is 4.40 Å². The maximum atomic E-state index is 11.0. The summed E-state index contributed by atoms with van der Waals surface area (Å²) in [5.41, 5.74) is 0.523. The molecule has 0 saturated carbocycles. The van der Waals surface area contributed by atoms with E-state index in [4.69, 9.17) is 11.6 Å². The molecule has 0 amide bonds. The molecule has 0 bridgehead atoms. The van der Waals surface area contributed by atoms with E-state index in [2.05, 4.69) is 9.97 Å². The molecule has 0 fully saturated rings. The topological polar surface area (TPSA) is 53.2 Å². The molecule has 2 heterocycles. The normalized spacial score (nSPS) is 10.6. The highest BCUT2D eigenvalue weighted by Crippen LogP contribution is 2.12. The van der Waals surface area contributed by atoms with Crippen molar-refractivity contribution in [2.45, 2.75) is 0 Å². The molecule has 0 aliphatic heterocycles. The summed E-state index contributed by atoms with van der Waals surface area (Å²) in [6.07, 6.45) is 3.07. The van der Waals surface area contributed by atoms with Crippen LogP contribution < -0.4 is 5.11 Å². The minimum Gasteiger partial charge on any atom is -0.845 e. The number of halogens is 1. The van der Waals surface area contributed by atoms with Gasteiger partial charge in [0.05, 0.1) is 6.01 Å². The molecule has 0 saturated heterocycles. The van der Waals surface area contributed by atoms with E-state index < -0.39 is 6.01 Å². The Balaban J connectivity index is 2.91. The van der Waals surface area contributed by atoms with Gasteiger partial charge in [-0.1, -0.05) is 11.6 Å². The van der Waals surface area contributed by atoms with Crippen LogP contribution in [0.5, 0.6) is 6.01 Å². The molecule has 0 aliphatic carbocycles. The Labute approximate surface area is 67.1 Å². The van der Waals surface area contributed by atoms with E-state index in [9.17, 15) is 5.11 Å². The summed E-state index contributed by atoms with van der Waals surface area (Å²) in [7, 11) is 0. The van der Waals surface area contributed by atoms with E-state index in [1.807, 2.05) is 0 Å². The summed E-state index contributed by atoms with van der Waals surface area (Å²) in [6.45, 7) is 0. The summed E-state index contributed by atoms with van der Waals surface area (Å²) in [5.74, 6) is 0. The average molecular weight is 169 g/mol. The van der Waals surface area contributed by atoms with Crippen molar-refractivity contribution in [1.82, 2.24) is 14.4 Å². The average Bonchev–Trinajstić information content (AvgIpc) is 2.34. The third kappa shape index (κ3) is 0.914. The summed E-state index contributed by atoms with van der Waals surface area (Å²) < 4.78 is 1.33. The van der Waals surface area contributed by atoms with Crippen molar-refractivity contribution in [3.8, 4) is 6.01 Å². The van der Waals surface area contributed by atoms with Crippen LogP contribution in [0.15, 0.2) is 18.5 Å². The number of hydrogen-bond donors (Lipinski definition) is 0. The lowest BCUT2D eigenvalue weighted by atomic mass is 10.6. The SMILES string of the molecule is [O-]c1nc(Cl)cc2nccn12. The molecule has 0 aromatic carbocycles. The first kappa shape index (κ1) is 6.42. The minimum absolute atomic E-state index is 0.175. The van der Waals surface area contributed by atoms with Crippen LogP contribution in [0.1, 0.15) is 0 Å². The highest BCUT2D eigenvalue weighted by atomic mass is 35.5. The van der Waals surface area contributed by atoms with Crippen LogP contribution in [0.3, 0.4) is 0 Å². The summed E-state index contributed by atoms with van der Waals surface area (Å²) in [6, 6.07) is 1.13. The van der Waals surface area contributed by atoms with Crippen LogP contribution in [0, 0.1) is 0 Å². The quantitative estimate of drug-likeness (QED) is 0.537.